The summed E-state index contributed by atoms with van der Waals surface area (Å²) in [6.07, 6.45) is 0. The molecule has 1 atom stereocenters. The van der Waals surface area contributed by atoms with Crippen molar-refractivity contribution in [2.75, 3.05) is 24.5 Å². The first-order valence-electron chi connectivity index (χ1n) is 8.60. The number of hydrogen-bond donors (Lipinski definition) is 0. The van der Waals surface area contributed by atoms with Gasteiger partial charge in [-0.1, -0.05) is 6.07 Å². The summed E-state index contributed by atoms with van der Waals surface area (Å²) in [5.41, 5.74) is 0.0407. The van der Waals surface area contributed by atoms with Crippen LogP contribution >= 0.6 is 0 Å². The molecule has 2 aromatic carbocycles. The molecule has 142 valence electrons. The summed E-state index contributed by atoms with van der Waals surface area (Å²) in [7, 11) is 0. The van der Waals surface area contributed by atoms with Crippen LogP contribution in [0, 0.1) is 17.5 Å². The van der Waals surface area contributed by atoms with Gasteiger partial charge in [-0.15, -0.1) is 0 Å². The normalized spacial score (nSPS) is 17.1. The van der Waals surface area contributed by atoms with Crippen molar-refractivity contribution >= 4 is 17.4 Å². The first kappa shape index (κ1) is 18.9. The second-order valence-corrected chi connectivity index (χ2v) is 6.61. The zero-order valence-electron chi connectivity index (χ0n) is 15.0. The van der Waals surface area contributed by atoms with Crippen molar-refractivity contribution in [1.29, 1.82) is 0 Å². The van der Waals surface area contributed by atoms with E-state index < -0.39 is 28.9 Å². The number of Topliss-reactive ketones (excluding diaryl/α,β-unsaturated/α-hetero) is 1. The number of piperazine rings is 1. The van der Waals surface area contributed by atoms with Gasteiger partial charge in [-0.2, -0.15) is 0 Å². The Balaban J connectivity index is 1.78. The molecule has 0 unspecified atom stereocenters. The Morgan fingerprint density at radius 2 is 1.67 bits per heavy atom. The highest BCUT2D eigenvalue weighted by atomic mass is 19.1. The zero-order valence-corrected chi connectivity index (χ0v) is 15.0. The number of halogens is 3. The van der Waals surface area contributed by atoms with Crippen LogP contribution in [0.2, 0.25) is 0 Å². The van der Waals surface area contributed by atoms with Gasteiger partial charge in [0, 0.05) is 31.2 Å². The fraction of sp³-hybridized carbons (Fsp3) is 0.300. The van der Waals surface area contributed by atoms with Crippen LogP contribution in [0.25, 0.3) is 0 Å². The predicted octanol–water partition coefficient (Wildman–Crippen LogP) is 3.66. The minimum Gasteiger partial charge on any atom is -0.365 e. The third-order valence-corrected chi connectivity index (χ3v) is 4.76. The lowest BCUT2D eigenvalue weighted by Gasteiger charge is -2.41. The molecule has 1 fully saturated rings. The van der Waals surface area contributed by atoms with Gasteiger partial charge in [0.05, 0.1) is 5.69 Å². The van der Waals surface area contributed by atoms with Crippen molar-refractivity contribution < 1.29 is 22.8 Å². The third kappa shape index (κ3) is 3.67. The van der Waals surface area contributed by atoms with E-state index in [2.05, 4.69) is 0 Å². The number of benzene rings is 2. The van der Waals surface area contributed by atoms with E-state index in [1.807, 2.05) is 0 Å². The largest absolute Gasteiger partial charge is 0.365 e. The molecule has 0 aromatic heterocycles. The maximum atomic E-state index is 14.4. The summed E-state index contributed by atoms with van der Waals surface area (Å²) in [5, 5.41) is 0. The molecular formula is C20H19F3N2O2. The molecule has 0 aliphatic carbocycles. The van der Waals surface area contributed by atoms with Crippen LogP contribution in [0.15, 0.2) is 36.4 Å². The van der Waals surface area contributed by atoms with Crippen molar-refractivity contribution in [2.45, 2.75) is 19.9 Å². The SMILES string of the molecule is CC(=O)c1ccc(N2CCN(C(=O)c3c(F)cccc3F)[C@H](C)C2)c(F)c1. The number of nitrogens with zero attached hydrogens (tertiary/aromatic N) is 2. The molecule has 0 N–H and O–H groups in total. The van der Waals surface area contributed by atoms with Gasteiger partial charge < -0.3 is 9.80 Å². The zero-order chi connectivity index (χ0) is 19.7. The average Bonchev–Trinajstić information content (AvgIpc) is 2.61. The van der Waals surface area contributed by atoms with E-state index in [-0.39, 0.29) is 23.9 Å². The molecule has 1 heterocycles. The highest BCUT2D eigenvalue weighted by Gasteiger charge is 2.31. The maximum absolute atomic E-state index is 14.4. The van der Waals surface area contributed by atoms with Crippen molar-refractivity contribution in [3.05, 3.63) is 65.0 Å². The number of hydrogen-bond acceptors (Lipinski definition) is 3. The minimum absolute atomic E-state index is 0.196. The first-order valence-corrected chi connectivity index (χ1v) is 8.60. The lowest BCUT2D eigenvalue weighted by Crippen LogP contribution is -2.54. The van der Waals surface area contributed by atoms with Gasteiger partial charge in [0.25, 0.3) is 5.91 Å². The molecule has 1 aliphatic heterocycles. The van der Waals surface area contributed by atoms with Crippen LogP contribution in [0.3, 0.4) is 0 Å². The van der Waals surface area contributed by atoms with Gasteiger partial charge in [-0.3, -0.25) is 9.59 Å². The summed E-state index contributed by atoms with van der Waals surface area (Å²) in [5.74, 6) is -3.27. The third-order valence-electron chi connectivity index (χ3n) is 4.76. The molecule has 7 heteroatoms. The summed E-state index contributed by atoms with van der Waals surface area (Å²) in [6, 6.07) is 7.19. The molecular weight excluding hydrogens is 357 g/mol. The maximum Gasteiger partial charge on any atom is 0.260 e. The lowest BCUT2D eigenvalue weighted by molar-refractivity contribution is 0.0663. The molecule has 4 nitrogen and oxygen atoms in total. The number of rotatable bonds is 3. The topological polar surface area (TPSA) is 40.6 Å². The monoisotopic (exact) mass is 376 g/mol. The van der Waals surface area contributed by atoms with Gasteiger partial charge in [-0.05, 0) is 44.2 Å². The van der Waals surface area contributed by atoms with Crippen molar-refractivity contribution in [3.8, 4) is 0 Å². The van der Waals surface area contributed by atoms with E-state index >= 15 is 0 Å². The Bertz CT molecular complexity index is 881. The van der Waals surface area contributed by atoms with Crippen LogP contribution in [0.5, 0.6) is 0 Å². The van der Waals surface area contributed by atoms with Crippen molar-refractivity contribution in [3.63, 3.8) is 0 Å². The number of ketones is 1. The van der Waals surface area contributed by atoms with Gasteiger partial charge >= 0.3 is 0 Å². The van der Waals surface area contributed by atoms with E-state index in [9.17, 15) is 22.8 Å². The van der Waals surface area contributed by atoms with E-state index in [4.69, 9.17) is 0 Å². The number of amides is 1. The molecule has 2 aromatic rings. The van der Waals surface area contributed by atoms with Gasteiger partial charge in [0.2, 0.25) is 0 Å². The van der Waals surface area contributed by atoms with Crippen molar-refractivity contribution in [1.82, 2.24) is 4.90 Å². The molecule has 0 spiro atoms. The van der Waals surface area contributed by atoms with Gasteiger partial charge in [0.1, 0.15) is 23.0 Å². The highest BCUT2D eigenvalue weighted by Crippen LogP contribution is 2.25. The van der Waals surface area contributed by atoms with Crippen LogP contribution in [-0.2, 0) is 0 Å². The molecule has 27 heavy (non-hydrogen) atoms. The standard InChI is InChI=1S/C20H19F3N2O2/c1-12-11-24(18-7-6-14(13(2)26)10-17(18)23)8-9-25(12)20(27)19-15(21)4-3-5-16(19)22/h3-7,10,12H,8-9,11H2,1-2H3/t12-/m1/s1. The second kappa shape index (κ2) is 7.42. The Kier molecular flexibility index (Phi) is 5.21. The molecule has 1 aliphatic rings. The summed E-state index contributed by atoms with van der Waals surface area (Å²) < 4.78 is 42.2. The van der Waals surface area contributed by atoms with Crippen molar-refractivity contribution in [2.24, 2.45) is 0 Å². The van der Waals surface area contributed by atoms with Gasteiger partial charge in [0.15, 0.2) is 5.78 Å². The number of carbonyl (C=O) groups is 2. The Morgan fingerprint density at radius 3 is 2.22 bits per heavy atom. The van der Waals surface area contributed by atoms with E-state index in [1.165, 1.54) is 30.0 Å². The Morgan fingerprint density at radius 1 is 1.00 bits per heavy atom. The second-order valence-electron chi connectivity index (χ2n) is 6.61. The predicted molar refractivity (Wildman–Crippen MR) is 95.5 cm³/mol. The summed E-state index contributed by atoms with van der Waals surface area (Å²) in [6.45, 7) is 3.91. The molecule has 0 saturated carbocycles. The molecule has 1 saturated heterocycles. The minimum atomic E-state index is -0.902. The molecule has 0 radical (unpaired) electrons. The fourth-order valence-electron chi connectivity index (χ4n) is 3.31. The molecule has 3 rings (SSSR count). The highest BCUT2D eigenvalue weighted by molar-refractivity contribution is 5.95. The Labute approximate surface area is 155 Å². The quantitative estimate of drug-likeness (QED) is 0.768. The lowest BCUT2D eigenvalue weighted by atomic mass is 10.1. The fourth-order valence-corrected chi connectivity index (χ4v) is 3.31. The molecule has 1 amide bonds. The molecule has 0 bridgehead atoms. The number of carbonyl (C=O) groups excluding carboxylic acids is 2. The average molecular weight is 376 g/mol. The van der Waals surface area contributed by atoms with Gasteiger partial charge in [-0.25, -0.2) is 13.2 Å². The number of anilines is 1. The van der Waals surface area contributed by atoms with E-state index in [1.54, 1.807) is 17.9 Å². The summed E-state index contributed by atoms with van der Waals surface area (Å²) >= 11 is 0. The first-order chi connectivity index (χ1) is 12.8. The summed E-state index contributed by atoms with van der Waals surface area (Å²) in [4.78, 5) is 27.1. The Hall–Kier alpha value is -2.83. The smallest absolute Gasteiger partial charge is 0.260 e. The van der Waals surface area contributed by atoms with Crippen LogP contribution in [0.1, 0.15) is 34.6 Å². The van der Waals surface area contributed by atoms with Crippen LogP contribution in [-0.4, -0.2) is 42.3 Å². The van der Waals surface area contributed by atoms with Crippen LogP contribution in [0.4, 0.5) is 18.9 Å². The van der Waals surface area contributed by atoms with E-state index in [0.29, 0.717) is 18.8 Å². The van der Waals surface area contributed by atoms with E-state index in [0.717, 1.165) is 12.1 Å². The van der Waals surface area contributed by atoms with Crippen LogP contribution < -0.4 is 4.90 Å².